The fraction of sp³-hybridized carbons (Fsp3) is 0.250. The molecule has 1 unspecified atom stereocenters. The van der Waals surface area contributed by atoms with Crippen molar-refractivity contribution in [2.24, 2.45) is 5.73 Å². The van der Waals surface area contributed by atoms with E-state index in [9.17, 15) is 0 Å². The molecule has 1 atom stereocenters. The van der Waals surface area contributed by atoms with E-state index in [-0.39, 0.29) is 6.04 Å². The van der Waals surface area contributed by atoms with E-state index in [0.29, 0.717) is 17.4 Å². The molecule has 0 radical (unpaired) electrons. The Morgan fingerprint density at radius 2 is 2.13 bits per heavy atom. The van der Waals surface area contributed by atoms with Crippen LogP contribution in [-0.2, 0) is 0 Å². The van der Waals surface area contributed by atoms with Crippen LogP contribution in [0.3, 0.4) is 0 Å². The molecule has 0 amide bonds. The Labute approximate surface area is 133 Å². The second-order valence-electron chi connectivity index (χ2n) is 5.54. The predicted octanol–water partition coefficient (Wildman–Crippen LogP) is 1.73. The lowest BCUT2D eigenvalue weighted by Crippen LogP contribution is -2.26. The molecule has 0 bridgehead atoms. The van der Waals surface area contributed by atoms with Crippen molar-refractivity contribution in [3.8, 4) is 23.0 Å². The van der Waals surface area contributed by atoms with Crippen molar-refractivity contribution < 1.29 is 4.52 Å². The summed E-state index contributed by atoms with van der Waals surface area (Å²) in [5, 5.41) is 4.00. The molecule has 0 aromatic carbocycles. The van der Waals surface area contributed by atoms with Gasteiger partial charge in [0.25, 0.3) is 5.89 Å². The third-order valence-electron chi connectivity index (χ3n) is 3.86. The molecule has 0 saturated carbocycles. The predicted molar refractivity (Wildman–Crippen MR) is 85.6 cm³/mol. The maximum absolute atomic E-state index is 5.96. The van der Waals surface area contributed by atoms with Crippen molar-refractivity contribution in [1.82, 2.24) is 20.1 Å². The van der Waals surface area contributed by atoms with Crippen LogP contribution in [0, 0.1) is 0 Å². The zero-order chi connectivity index (χ0) is 15.6. The van der Waals surface area contributed by atoms with E-state index in [1.165, 1.54) is 0 Å². The van der Waals surface area contributed by atoms with E-state index < -0.39 is 0 Å². The van der Waals surface area contributed by atoms with Gasteiger partial charge < -0.3 is 15.2 Å². The van der Waals surface area contributed by atoms with Gasteiger partial charge in [-0.05, 0) is 30.7 Å². The van der Waals surface area contributed by atoms with Crippen LogP contribution in [-0.4, -0.2) is 39.2 Å². The van der Waals surface area contributed by atoms with Gasteiger partial charge in [0.2, 0.25) is 5.82 Å². The van der Waals surface area contributed by atoms with Gasteiger partial charge >= 0.3 is 0 Å². The van der Waals surface area contributed by atoms with E-state index in [2.05, 4.69) is 25.0 Å². The largest absolute Gasteiger partial charge is 0.355 e. The lowest BCUT2D eigenvalue weighted by Gasteiger charge is -2.16. The Hall–Kier alpha value is -2.80. The highest BCUT2D eigenvalue weighted by molar-refractivity contribution is 5.61. The van der Waals surface area contributed by atoms with Gasteiger partial charge in [0, 0.05) is 37.1 Å². The van der Waals surface area contributed by atoms with Crippen molar-refractivity contribution in [2.75, 3.05) is 18.0 Å². The summed E-state index contributed by atoms with van der Waals surface area (Å²) in [7, 11) is 0. The topological polar surface area (TPSA) is 94.0 Å². The van der Waals surface area contributed by atoms with Gasteiger partial charge in [0.15, 0.2) is 0 Å². The highest BCUT2D eigenvalue weighted by Gasteiger charge is 2.21. The monoisotopic (exact) mass is 308 g/mol. The van der Waals surface area contributed by atoms with E-state index in [1.807, 2.05) is 30.3 Å². The smallest absolute Gasteiger partial charge is 0.258 e. The van der Waals surface area contributed by atoms with Crippen molar-refractivity contribution in [1.29, 1.82) is 0 Å². The molecular formula is C16H16N6O. The number of rotatable bonds is 3. The third kappa shape index (κ3) is 2.78. The maximum atomic E-state index is 5.96. The third-order valence-corrected chi connectivity index (χ3v) is 3.86. The van der Waals surface area contributed by atoms with Gasteiger partial charge in [0.05, 0.1) is 0 Å². The van der Waals surface area contributed by atoms with Gasteiger partial charge in [-0.25, -0.2) is 4.98 Å². The molecule has 1 saturated heterocycles. The van der Waals surface area contributed by atoms with E-state index in [1.54, 1.807) is 12.4 Å². The number of hydrogen-bond donors (Lipinski definition) is 1. The normalized spacial score (nSPS) is 17.6. The molecule has 7 nitrogen and oxygen atoms in total. The Balaban J connectivity index is 1.62. The lowest BCUT2D eigenvalue weighted by atomic mass is 10.2. The van der Waals surface area contributed by atoms with Crippen molar-refractivity contribution in [3.05, 3.63) is 42.7 Å². The maximum Gasteiger partial charge on any atom is 0.258 e. The van der Waals surface area contributed by atoms with Gasteiger partial charge in [-0.15, -0.1) is 0 Å². The van der Waals surface area contributed by atoms with Gasteiger partial charge in [-0.2, -0.15) is 4.98 Å². The number of aromatic nitrogens is 4. The Morgan fingerprint density at radius 3 is 2.91 bits per heavy atom. The standard InChI is InChI=1S/C16H16N6O/c17-12-5-8-22(10-12)14-9-11(4-7-19-14)16-20-15(21-23-16)13-3-1-2-6-18-13/h1-4,6-7,9,12H,5,8,10,17H2. The number of anilines is 1. The summed E-state index contributed by atoms with van der Waals surface area (Å²) in [6, 6.07) is 9.60. The fourth-order valence-corrected chi connectivity index (χ4v) is 2.66. The summed E-state index contributed by atoms with van der Waals surface area (Å²) in [6.07, 6.45) is 4.43. The molecule has 1 aliphatic rings. The fourth-order valence-electron chi connectivity index (χ4n) is 2.66. The first-order valence-electron chi connectivity index (χ1n) is 7.52. The van der Waals surface area contributed by atoms with Crippen LogP contribution in [0.25, 0.3) is 23.0 Å². The molecular weight excluding hydrogens is 292 g/mol. The molecule has 3 aromatic heterocycles. The Bertz CT molecular complexity index is 803. The van der Waals surface area contributed by atoms with Gasteiger partial charge in [-0.3, -0.25) is 4.98 Å². The highest BCUT2D eigenvalue weighted by Crippen LogP contribution is 2.25. The summed E-state index contributed by atoms with van der Waals surface area (Å²) in [5.41, 5.74) is 7.48. The van der Waals surface area contributed by atoms with Crippen LogP contribution >= 0.6 is 0 Å². The molecule has 1 aliphatic heterocycles. The molecule has 3 aromatic rings. The van der Waals surface area contributed by atoms with Crippen LogP contribution in [0.5, 0.6) is 0 Å². The summed E-state index contributed by atoms with van der Waals surface area (Å²) in [5.74, 6) is 1.81. The average Bonchev–Trinajstić information content (AvgIpc) is 3.25. The number of pyridine rings is 2. The first-order valence-corrected chi connectivity index (χ1v) is 7.52. The summed E-state index contributed by atoms with van der Waals surface area (Å²) >= 11 is 0. The second kappa shape index (κ2) is 5.77. The molecule has 4 rings (SSSR count). The average molecular weight is 308 g/mol. The number of hydrogen-bond acceptors (Lipinski definition) is 7. The minimum atomic E-state index is 0.208. The van der Waals surface area contributed by atoms with Crippen LogP contribution in [0.4, 0.5) is 5.82 Å². The van der Waals surface area contributed by atoms with Crippen LogP contribution in [0.15, 0.2) is 47.2 Å². The molecule has 7 heteroatoms. The summed E-state index contributed by atoms with van der Waals surface area (Å²) in [4.78, 5) is 15.2. The molecule has 116 valence electrons. The summed E-state index contributed by atoms with van der Waals surface area (Å²) < 4.78 is 5.37. The Kier molecular flexibility index (Phi) is 3.47. The van der Waals surface area contributed by atoms with Gasteiger partial charge in [-0.1, -0.05) is 11.2 Å². The minimum absolute atomic E-state index is 0.208. The zero-order valence-electron chi connectivity index (χ0n) is 12.5. The van der Waals surface area contributed by atoms with Gasteiger partial charge in [0.1, 0.15) is 11.5 Å². The van der Waals surface area contributed by atoms with Crippen molar-refractivity contribution in [2.45, 2.75) is 12.5 Å². The number of nitrogens with zero attached hydrogens (tertiary/aromatic N) is 5. The highest BCUT2D eigenvalue weighted by atomic mass is 16.5. The zero-order valence-corrected chi connectivity index (χ0v) is 12.5. The lowest BCUT2D eigenvalue weighted by molar-refractivity contribution is 0.432. The Morgan fingerprint density at radius 1 is 1.17 bits per heavy atom. The molecule has 2 N–H and O–H groups in total. The van der Waals surface area contributed by atoms with Crippen molar-refractivity contribution >= 4 is 5.82 Å². The molecule has 4 heterocycles. The molecule has 23 heavy (non-hydrogen) atoms. The van der Waals surface area contributed by atoms with E-state index in [4.69, 9.17) is 10.3 Å². The first-order chi connectivity index (χ1) is 11.3. The molecule has 0 aliphatic carbocycles. The second-order valence-corrected chi connectivity index (χ2v) is 5.54. The van der Waals surface area contributed by atoms with Crippen LogP contribution in [0.1, 0.15) is 6.42 Å². The molecule has 1 fully saturated rings. The quantitative estimate of drug-likeness (QED) is 0.787. The van der Waals surface area contributed by atoms with E-state index >= 15 is 0 Å². The van der Waals surface area contributed by atoms with Crippen molar-refractivity contribution in [3.63, 3.8) is 0 Å². The first kappa shape index (κ1) is 13.8. The van der Waals surface area contributed by atoms with Crippen LogP contribution in [0.2, 0.25) is 0 Å². The SMILES string of the molecule is NC1CCN(c2cc(-c3nc(-c4ccccn4)no3)ccn2)C1. The summed E-state index contributed by atoms with van der Waals surface area (Å²) in [6.45, 7) is 1.74. The van der Waals surface area contributed by atoms with E-state index in [0.717, 1.165) is 30.9 Å². The number of nitrogens with two attached hydrogens (primary N) is 1. The molecule has 0 spiro atoms. The van der Waals surface area contributed by atoms with Crippen LogP contribution < -0.4 is 10.6 Å². The minimum Gasteiger partial charge on any atom is -0.355 e.